The van der Waals surface area contributed by atoms with E-state index in [0.29, 0.717) is 16.4 Å². The highest BCUT2D eigenvalue weighted by Crippen LogP contribution is 2.34. The van der Waals surface area contributed by atoms with Crippen LogP contribution >= 0.6 is 11.6 Å². The third kappa shape index (κ3) is 2.85. The van der Waals surface area contributed by atoms with Crippen LogP contribution < -0.4 is 0 Å². The van der Waals surface area contributed by atoms with E-state index in [1.807, 2.05) is 62.4 Å². The molecule has 2 nitrogen and oxygen atoms in total. The quantitative estimate of drug-likeness (QED) is 0.606. The lowest BCUT2D eigenvalue weighted by Gasteiger charge is -2.09. The van der Waals surface area contributed by atoms with Gasteiger partial charge in [0.25, 0.3) is 0 Å². The summed E-state index contributed by atoms with van der Waals surface area (Å²) in [6.45, 7) is 3.98. The topological polar surface area (TPSA) is 25.8 Å². The van der Waals surface area contributed by atoms with Crippen molar-refractivity contribution in [2.45, 2.75) is 13.8 Å². The lowest BCUT2D eigenvalue weighted by Crippen LogP contribution is -1.98. The molecular weight excluding hydrogens is 299 g/mol. The number of benzene rings is 2. The summed E-state index contributed by atoms with van der Waals surface area (Å²) in [4.78, 5) is 7.73. The third-order valence-electron chi connectivity index (χ3n) is 3.47. The molecule has 110 valence electrons. The van der Waals surface area contributed by atoms with Crippen LogP contribution in [0, 0.1) is 19.9 Å². The highest BCUT2D eigenvalue weighted by Gasteiger charge is 2.15. The highest BCUT2D eigenvalue weighted by molar-refractivity contribution is 6.35. The zero-order valence-corrected chi connectivity index (χ0v) is 13.0. The second-order valence-corrected chi connectivity index (χ2v) is 5.61. The summed E-state index contributed by atoms with van der Waals surface area (Å²) in [5, 5.41) is 0.356. The van der Waals surface area contributed by atoms with E-state index in [4.69, 9.17) is 11.6 Å². The van der Waals surface area contributed by atoms with Gasteiger partial charge in [-0.05, 0) is 13.8 Å². The number of aryl methyl sites for hydroxylation is 2. The average molecular weight is 313 g/mol. The van der Waals surface area contributed by atoms with Gasteiger partial charge in [-0.25, -0.2) is 9.97 Å². The normalized spacial score (nSPS) is 10.7. The molecule has 0 fully saturated rings. The summed E-state index contributed by atoms with van der Waals surface area (Å²) in [6.07, 6.45) is -0.782. The molecule has 0 aliphatic heterocycles. The van der Waals surface area contributed by atoms with Gasteiger partial charge in [0, 0.05) is 11.1 Å². The summed E-state index contributed by atoms with van der Waals surface area (Å²) in [7, 11) is 0. The third-order valence-corrected chi connectivity index (χ3v) is 3.83. The van der Waals surface area contributed by atoms with Crippen molar-refractivity contribution < 1.29 is 4.39 Å². The zero-order chi connectivity index (χ0) is 15.7. The van der Waals surface area contributed by atoms with Crippen LogP contribution in [0.1, 0.15) is 11.1 Å². The first-order valence-corrected chi connectivity index (χ1v) is 7.29. The van der Waals surface area contributed by atoms with Crippen molar-refractivity contribution >= 4 is 11.6 Å². The first-order chi connectivity index (χ1) is 10.5. The smallest absolute Gasteiger partial charge is 0.201 e. The Kier molecular flexibility index (Phi) is 3.90. The zero-order valence-electron chi connectivity index (χ0n) is 12.3. The Hall–Kier alpha value is -2.26. The number of nitrogens with zero attached hydrogens (tertiary/aromatic N) is 2. The Morgan fingerprint density at radius 1 is 0.727 bits per heavy atom. The maximum Gasteiger partial charge on any atom is 0.309 e. The highest BCUT2D eigenvalue weighted by atomic mass is 35.5. The van der Waals surface area contributed by atoms with Crippen molar-refractivity contribution in [2.24, 2.45) is 0 Å². The number of aromatic nitrogens is 2. The van der Waals surface area contributed by atoms with Crippen LogP contribution in [0.2, 0.25) is 5.02 Å². The molecule has 0 spiro atoms. The van der Waals surface area contributed by atoms with Crippen molar-refractivity contribution in [1.82, 2.24) is 9.97 Å². The first kappa shape index (κ1) is 14.7. The number of halogens is 2. The van der Waals surface area contributed by atoms with Gasteiger partial charge in [-0.3, -0.25) is 0 Å². The summed E-state index contributed by atoms with van der Waals surface area (Å²) in [5.74, 6) is 0. The minimum atomic E-state index is -0.782. The minimum absolute atomic E-state index is 0.356. The van der Waals surface area contributed by atoms with Crippen LogP contribution in [0.25, 0.3) is 22.5 Å². The SMILES string of the molecule is Cc1ccc(-c2nc(F)nc(-c3ccc(C)cc3)c2Cl)cc1. The van der Waals surface area contributed by atoms with Crippen molar-refractivity contribution in [3.63, 3.8) is 0 Å². The van der Waals surface area contributed by atoms with Gasteiger partial charge >= 0.3 is 6.08 Å². The summed E-state index contributed by atoms with van der Waals surface area (Å²) >= 11 is 6.44. The van der Waals surface area contributed by atoms with Gasteiger partial charge in [-0.15, -0.1) is 0 Å². The van der Waals surface area contributed by atoms with Gasteiger partial charge in [-0.2, -0.15) is 4.39 Å². The average Bonchev–Trinajstić information content (AvgIpc) is 2.51. The summed E-state index contributed by atoms with van der Waals surface area (Å²) in [5.41, 5.74) is 4.59. The predicted molar refractivity (Wildman–Crippen MR) is 87.3 cm³/mol. The van der Waals surface area contributed by atoms with E-state index < -0.39 is 6.08 Å². The molecule has 0 atom stereocenters. The molecule has 1 aromatic heterocycles. The number of hydrogen-bond acceptors (Lipinski definition) is 2. The maximum absolute atomic E-state index is 13.9. The van der Waals surface area contributed by atoms with Crippen molar-refractivity contribution in [3.05, 3.63) is 70.8 Å². The van der Waals surface area contributed by atoms with Gasteiger partial charge in [0.2, 0.25) is 0 Å². The molecule has 0 radical (unpaired) electrons. The van der Waals surface area contributed by atoms with Gasteiger partial charge in [0.05, 0.1) is 16.4 Å². The fourth-order valence-electron chi connectivity index (χ4n) is 2.23. The molecule has 0 aliphatic rings. The molecule has 0 N–H and O–H groups in total. The Morgan fingerprint density at radius 3 is 1.45 bits per heavy atom. The maximum atomic E-state index is 13.9. The molecule has 0 aliphatic carbocycles. The molecule has 22 heavy (non-hydrogen) atoms. The van der Waals surface area contributed by atoms with Gasteiger partial charge in [-0.1, -0.05) is 71.3 Å². The second kappa shape index (κ2) is 5.85. The van der Waals surface area contributed by atoms with Crippen LogP contribution in [-0.4, -0.2) is 9.97 Å². The van der Waals surface area contributed by atoms with Crippen LogP contribution in [0.4, 0.5) is 4.39 Å². The number of rotatable bonds is 2. The summed E-state index contributed by atoms with van der Waals surface area (Å²) in [6, 6.07) is 15.3. The van der Waals surface area contributed by atoms with Crippen LogP contribution in [0.15, 0.2) is 48.5 Å². The Bertz CT molecular complexity index is 745. The van der Waals surface area contributed by atoms with Crippen molar-refractivity contribution in [1.29, 1.82) is 0 Å². The van der Waals surface area contributed by atoms with E-state index >= 15 is 0 Å². The number of hydrogen-bond donors (Lipinski definition) is 0. The van der Waals surface area contributed by atoms with Crippen molar-refractivity contribution in [3.8, 4) is 22.5 Å². The Labute approximate surface area is 133 Å². The van der Waals surface area contributed by atoms with E-state index in [1.54, 1.807) is 0 Å². The second-order valence-electron chi connectivity index (χ2n) is 5.24. The summed E-state index contributed by atoms with van der Waals surface area (Å²) < 4.78 is 13.9. The standard InChI is InChI=1S/C18H14ClFN2/c1-11-3-7-13(8-4-11)16-15(19)17(22-18(20)21-16)14-9-5-12(2)6-10-14/h3-10H,1-2H3. The Morgan fingerprint density at radius 2 is 1.09 bits per heavy atom. The largest absolute Gasteiger partial charge is 0.309 e. The monoisotopic (exact) mass is 312 g/mol. The Balaban J connectivity index is 2.17. The molecule has 2 aromatic carbocycles. The van der Waals surface area contributed by atoms with Crippen molar-refractivity contribution in [2.75, 3.05) is 0 Å². The molecular formula is C18H14ClFN2. The minimum Gasteiger partial charge on any atom is -0.201 e. The lowest BCUT2D eigenvalue weighted by atomic mass is 10.1. The molecule has 0 saturated heterocycles. The van der Waals surface area contributed by atoms with E-state index in [1.165, 1.54) is 0 Å². The molecule has 3 aromatic rings. The van der Waals surface area contributed by atoms with E-state index in [2.05, 4.69) is 9.97 Å². The van der Waals surface area contributed by atoms with E-state index in [9.17, 15) is 4.39 Å². The van der Waals surface area contributed by atoms with Crippen LogP contribution in [0.5, 0.6) is 0 Å². The fourth-order valence-corrected chi connectivity index (χ4v) is 2.53. The molecule has 3 rings (SSSR count). The molecule has 0 bridgehead atoms. The first-order valence-electron chi connectivity index (χ1n) is 6.92. The van der Waals surface area contributed by atoms with E-state index in [0.717, 1.165) is 22.3 Å². The molecule has 1 heterocycles. The predicted octanol–water partition coefficient (Wildman–Crippen LogP) is 5.22. The molecule has 0 unspecified atom stereocenters. The van der Waals surface area contributed by atoms with Gasteiger partial charge < -0.3 is 0 Å². The van der Waals surface area contributed by atoms with Crippen LogP contribution in [0.3, 0.4) is 0 Å². The molecule has 0 amide bonds. The molecule has 4 heteroatoms. The fraction of sp³-hybridized carbons (Fsp3) is 0.111. The van der Waals surface area contributed by atoms with Crippen LogP contribution in [-0.2, 0) is 0 Å². The van der Waals surface area contributed by atoms with Gasteiger partial charge in [0.15, 0.2) is 0 Å². The van der Waals surface area contributed by atoms with Gasteiger partial charge in [0.1, 0.15) is 0 Å². The van der Waals surface area contributed by atoms with E-state index in [-0.39, 0.29) is 0 Å². The lowest BCUT2D eigenvalue weighted by molar-refractivity contribution is 0.542. The molecule has 0 saturated carbocycles.